The van der Waals surface area contributed by atoms with Gasteiger partial charge in [0, 0.05) is 163 Å². The van der Waals surface area contributed by atoms with Gasteiger partial charge in [-0.15, -0.1) is 0 Å². The van der Waals surface area contributed by atoms with Gasteiger partial charge in [0.15, 0.2) is 0 Å². The molecule has 16 rings (SSSR count). The van der Waals surface area contributed by atoms with E-state index < -0.39 is 17.4 Å². The van der Waals surface area contributed by atoms with Crippen molar-refractivity contribution in [3.05, 3.63) is 245 Å². The maximum atomic E-state index is 7.83. The highest BCUT2D eigenvalue weighted by Gasteiger charge is 2.47. The Kier molecular flexibility index (Phi) is 36.6. The molecule has 3 aliphatic heterocycles. The first kappa shape index (κ1) is 114. The molecule has 0 saturated heterocycles. The SMILES string of the molecule is C=S1Cc2cc(C(C)(C)C)cc(C)c2OC(C)(C)Oc2c(C)cc(C(C)(C)C)cc2CS(=C)C2CCCCCCC21.C=S1Cc2cc(C(C)(C)C)cc(C)c2OC(C)(C)Oc2c(C)cc(C(C)(C)C)cc2CS(=C)C2CCCCCCC21.C=S1Cc2cc(C(C)(C)C)cc(C3(c4ccccc4)CCCCC3)c2OC(C)(C)Oc2c(cc(C(C)(C)C)cc2C2(c3ccccc3)CCCCC2)CS(=C)C2CCCCCCC21. The normalized spacial score (nSPS) is 25.6. The molecule has 796 valence electrons. The van der Waals surface area contributed by atoms with E-state index in [4.69, 9.17) is 63.6 Å². The van der Waals surface area contributed by atoms with Gasteiger partial charge in [-0.2, -0.15) is 62.9 Å². The van der Waals surface area contributed by atoms with E-state index >= 15 is 0 Å². The molecule has 0 bridgehead atoms. The summed E-state index contributed by atoms with van der Waals surface area (Å²) in [6.07, 6.45) is 35.3. The fraction of sp³-hybridized carbons (Fsp3) is 0.594. The summed E-state index contributed by atoms with van der Waals surface area (Å²) in [5.41, 5.74) is 26.2. The molecule has 0 amide bonds. The lowest BCUT2D eigenvalue weighted by Gasteiger charge is -2.43. The smallest absolute Gasteiger partial charge is 0.245 e. The zero-order valence-corrected chi connectivity index (χ0v) is 101. The van der Waals surface area contributed by atoms with Crippen LogP contribution in [0.3, 0.4) is 0 Å². The fourth-order valence-electron chi connectivity index (χ4n) is 24.7. The lowest BCUT2D eigenvalue weighted by Crippen LogP contribution is -2.40. The second-order valence-electron chi connectivity index (χ2n) is 52.8. The maximum Gasteiger partial charge on any atom is 0.245 e. The van der Waals surface area contributed by atoms with Crippen LogP contribution in [0.5, 0.6) is 34.5 Å². The van der Waals surface area contributed by atoms with E-state index in [-0.39, 0.29) is 106 Å². The van der Waals surface area contributed by atoms with Gasteiger partial charge in [-0.05, 0) is 191 Å². The van der Waals surface area contributed by atoms with E-state index in [9.17, 15) is 0 Å². The molecular formula is C133H192O6S6. The van der Waals surface area contributed by atoms with Gasteiger partial charge in [-0.1, -0.05) is 409 Å². The summed E-state index contributed by atoms with van der Waals surface area (Å²) in [5, 5.41) is 3.41. The number of rotatable bonds is 4. The van der Waals surface area contributed by atoms with Crippen molar-refractivity contribution in [3.8, 4) is 34.5 Å². The Labute approximate surface area is 898 Å². The lowest BCUT2D eigenvalue weighted by molar-refractivity contribution is -0.0842. The monoisotopic (exact) mass is 2080 g/mol. The van der Waals surface area contributed by atoms with Crippen molar-refractivity contribution >= 4 is 98.1 Å². The van der Waals surface area contributed by atoms with E-state index in [2.05, 4.69) is 327 Å². The Morgan fingerprint density at radius 2 is 0.400 bits per heavy atom. The first-order valence-electron chi connectivity index (χ1n) is 56.1. The number of aryl methyl sites for hydroxylation is 4. The van der Waals surface area contributed by atoms with Crippen LogP contribution in [0.1, 0.15) is 457 Å². The first-order valence-corrected chi connectivity index (χ1v) is 65.8. The van der Waals surface area contributed by atoms with Crippen molar-refractivity contribution in [1.29, 1.82) is 0 Å². The van der Waals surface area contributed by atoms with Crippen LogP contribution in [0, 0.1) is 27.7 Å². The van der Waals surface area contributed by atoms with Gasteiger partial charge in [0.1, 0.15) is 34.5 Å². The largest absolute Gasteiger partial charge is 0.452 e. The summed E-state index contributed by atoms with van der Waals surface area (Å²) in [4.78, 5) is 0. The maximum absolute atomic E-state index is 7.83. The summed E-state index contributed by atoms with van der Waals surface area (Å²) >= 11 is 0. The van der Waals surface area contributed by atoms with Gasteiger partial charge in [0.25, 0.3) is 0 Å². The topological polar surface area (TPSA) is 55.4 Å². The van der Waals surface area contributed by atoms with E-state index in [1.165, 1.54) is 265 Å². The van der Waals surface area contributed by atoms with Crippen molar-refractivity contribution in [1.82, 2.24) is 0 Å². The van der Waals surface area contributed by atoms with Crippen molar-refractivity contribution in [3.63, 3.8) is 0 Å². The quantitative estimate of drug-likeness (QED) is 0.164. The summed E-state index contributed by atoms with van der Waals surface area (Å²) in [6, 6.07) is 52.0. The number of benzene rings is 8. The van der Waals surface area contributed by atoms with Crippen LogP contribution >= 0.6 is 62.9 Å². The average Bonchev–Trinajstić information content (AvgIpc) is 1.73. The van der Waals surface area contributed by atoms with Gasteiger partial charge in [-0.25, -0.2) is 0 Å². The molecule has 0 spiro atoms. The molecular weight excluding hydrogens is 1890 g/mol. The number of ether oxygens (including phenoxy) is 6. The Hall–Kier alpha value is -6.12. The number of fused-ring (bicyclic) bond motifs is 9. The molecule has 5 aliphatic carbocycles. The van der Waals surface area contributed by atoms with Crippen molar-refractivity contribution in [2.45, 2.75) is 500 Å². The predicted molar refractivity (Wildman–Crippen MR) is 653 cm³/mol. The number of hydrogen-bond donors (Lipinski definition) is 0. The lowest BCUT2D eigenvalue weighted by atomic mass is 9.64. The number of hydrogen-bond acceptors (Lipinski definition) is 6. The Balaban J connectivity index is 0.000000179. The third kappa shape index (κ3) is 27.8. The molecule has 12 heteroatoms. The molecule has 3 heterocycles. The zero-order valence-electron chi connectivity index (χ0n) is 95.8. The van der Waals surface area contributed by atoms with E-state index in [0.29, 0.717) is 31.5 Å². The highest BCUT2D eigenvalue weighted by Crippen LogP contribution is 2.59. The molecule has 5 saturated carbocycles. The second kappa shape index (κ2) is 46.4. The highest BCUT2D eigenvalue weighted by molar-refractivity contribution is 8.18. The van der Waals surface area contributed by atoms with E-state index in [1.54, 1.807) is 0 Å². The van der Waals surface area contributed by atoms with Crippen LogP contribution in [0.4, 0.5) is 0 Å². The molecule has 8 aliphatic rings. The van der Waals surface area contributed by atoms with Crippen LogP contribution < -0.4 is 28.4 Å². The standard InChI is InChI=1S/C59H80O2S2.2C37H56O2S2/c1-55(2,3)47-37-43-41-62(9)51-31-21-11-12-22-32-52(51)63(10)42-44-38-48(56(4,5)6)40-50(59(35-25-16-26-36-59)46-29-19-14-20-30-46)54(44)61-57(7,8)60-53(43)49(39-47)58(33-23-15-24-34-58)45-27-17-13-18-28-45;2*1-25-19-29(35(3,4)5)21-27-23-40(11)31-17-15-13-14-16-18-32(31)41(12)24-28-22-30(36(6,7)8)20-26(2)34(28)39-37(9,10)38-33(25)27/h13-14,17-20,27-30,37-40,51-52H,9-12,15-16,21-26,31-36,41-42H2,1-8H3;2*19-22,31-32H,11-18,23-24H2,1-10H3. The van der Waals surface area contributed by atoms with Crippen LogP contribution in [0.25, 0.3) is 0 Å². The minimum absolute atomic E-state index is 0.0266. The molecule has 12 unspecified atom stereocenters. The van der Waals surface area contributed by atoms with E-state index in [0.717, 1.165) is 94.7 Å². The Morgan fingerprint density at radius 1 is 0.228 bits per heavy atom. The van der Waals surface area contributed by atoms with Gasteiger partial charge >= 0.3 is 0 Å². The van der Waals surface area contributed by atoms with Crippen LogP contribution in [0.2, 0.25) is 0 Å². The Morgan fingerprint density at radius 3 is 0.593 bits per heavy atom. The molecule has 0 radical (unpaired) electrons. The van der Waals surface area contributed by atoms with Gasteiger partial charge in [0.05, 0.1) is 0 Å². The summed E-state index contributed by atoms with van der Waals surface area (Å²) in [7, 11) is -0.357. The average molecular weight is 2080 g/mol. The third-order valence-electron chi connectivity index (χ3n) is 33.2. The first-order chi connectivity index (χ1) is 67.9. The zero-order chi connectivity index (χ0) is 105. The molecule has 0 N–H and O–H groups in total. The highest BCUT2D eigenvalue weighted by atomic mass is 32.2. The fourth-order valence-corrected chi connectivity index (χ4v) is 38.9. The molecule has 8 aromatic rings. The summed E-state index contributed by atoms with van der Waals surface area (Å²) in [6.45, 7) is 63.4. The summed E-state index contributed by atoms with van der Waals surface area (Å²) < 4.78 is 43.3. The van der Waals surface area contributed by atoms with Crippen molar-refractivity contribution in [2.24, 2.45) is 0 Å². The van der Waals surface area contributed by atoms with Crippen LogP contribution in [0.15, 0.2) is 133 Å². The van der Waals surface area contributed by atoms with Crippen molar-refractivity contribution in [2.75, 3.05) is 0 Å². The summed E-state index contributed by atoms with van der Waals surface area (Å²) in [5.74, 6) is 39.1. The van der Waals surface area contributed by atoms with Crippen LogP contribution in [-0.2, 0) is 77.8 Å². The van der Waals surface area contributed by atoms with Crippen LogP contribution in [-0.4, -0.2) is 84.1 Å². The van der Waals surface area contributed by atoms with Gasteiger partial charge in [-0.3, -0.25) is 0 Å². The van der Waals surface area contributed by atoms with Gasteiger partial charge in [0.2, 0.25) is 17.4 Å². The van der Waals surface area contributed by atoms with E-state index in [1.807, 2.05) is 0 Å². The molecule has 12 atom stereocenters. The molecule has 6 nitrogen and oxygen atoms in total. The minimum Gasteiger partial charge on any atom is -0.452 e. The second-order valence-corrected chi connectivity index (χ2v) is 64.6. The molecule has 8 aromatic carbocycles. The minimum atomic E-state index is -0.978. The third-order valence-corrected chi connectivity index (χ3v) is 46.3. The predicted octanol–water partition coefficient (Wildman–Crippen LogP) is 37.7. The molecule has 145 heavy (non-hydrogen) atoms. The van der Waals surface area contributed by atoms with Gasteiger partial charge < -0.3 is 28.4 Å². The molecule has 5 fully saturated rings. The Bertz CT molecular complexity index is 5420. The van der Waals surface area contributed by atoms with Crippen molar-refractivity contribution < 1.29 is 28.4 Å². The molecule has 0 aromatic heterocycles.